The second kappa shape index (κ2) is 4.45. The van der Waals surface area contributed by atoms with Crippen LogP contribution in [0.15, 0.2) is 23.1 Å². The third-order valence-electron chi connectivity index (χ3n) is 2.17. The minimum absolute atomic E-state index is 0.0358. The fourth-order valence-electron chi connectivity index (χ4n) is 1.29. The van der Waals surface area contributed by atoms with Crippen molar-refractivity contribution in [1.82, 2.24) is 0 Å². The Morgan fingerprint density at radius 2 is 2.27 bits per heavy atom. The van der Waals surface area contributed by atoms with E-state index in [2.05, 4.69) is 0 Å². The highest BCUT2D eigenvalue weighted by atomic mass is 35.5. The molecule has 80 valence electrons. The normalized spacial score (nSPS) is 15.3. The first-order valence-corrected chi connectivity index (χ1v) is 6.08. The van der Waals surface area contributed by atoms with E-state index in [-0.39, 0.29) is 6.42 Å². The molecule has 1 aliphatic rings. The fourth-order valence-corrected chi connectivity index (χ4v) is 2.68. The summed E-state index contributed by atoms with van der Waals surface area (Å²) < 4.78 is 0. The molecule has 1 aliphatic carbocycles. The highest BCUT2D eigenvalue weighted by molar-refractivity contribution is 8.00. The molecule has 1 fully saturated rings. The van der Waals surface area contributed by atoms with Crippen LogP contribution in [0, 0.1) is 0 Å². The van der Waals surface area contributed by atoms with Crippen LogP contribution in [-0.2, 0) is 11.2 Å². The molecule has 15 heavy (non-hydrogen) atoms. The van der Waals surface area contributed by atoms with Crippen molar-refractivity contribution in [2.24, 2.45) is 0 Å². The number of carbonyl (C=O) groups is 1. The van der Waals surface area contributed by atoms with Crippen molar-refractivity contribution in [2.45, 2.75) is 29.4 Å². The Labute approximate surface area is 97.6 Å². The zero-order chi connectivity index (χ0) is 10.8. The van der Waals surface area contributed by atoms with Gasteiger partial charge in [-0.1, -0.05) is 17.7 Å². The molecule has 1 N–H and O–H groups in total. The molecule has 0 amide bonds. The largest absolute Gasteiger partial charge is 0.481 e. The summed E-state index contributed by atoms with van der Waals surface area (Å²) in [4.78, 5) is 11.6. The van der Waals surface area contributed by atoms with Crippen LogP contribution in [0.25, 0.3) is 0 Å². The summed E-state index contributed by atoms with van der Waals surface area (Å²) in [5.74, 6) is -0.825. The summed E-state index contributed by atoms with van der Waals surface area (Å²) in [6.45, 7) is 0. The molecule has 0 saturated heterocycles. The number of hydrogen-bond acceptors (Lipinski definition) is 2. The molecular formula is C11H11ClO2S. The summed E-state index contributed by atoms with van der Waals surface area (Å²) in [5, 5.41) is 10.0. The Kier molecular flexibility index (Phi) is 3.22. The zero-order valence-electron chi connectivity index (χ0n) is 8.07. The minimum atomic E-state index is -0.825. The maximum Gasteiger partial charge on any atom is 0.307 e. The van der Waals surface area contributed by atoms with Gasteiger partial charge in [-0.3, -0.25) is 4.79 Å². The van der Waals surface area contributed by atoms with Gasteiger partial charge in [0.1, 0.15) is 0 Å². The molecule has 4 heteroatoms. The summed E-state index contributed by atoms with van der Waals surface area (Å²) in [7, 11) is 0. The van der Waals surface area contributed by atoms with Crippen LogP contribution >= 0.6 is 23.4 Å². The molecule has 1 aromatic rings. The lowest BCUT2D eigenvalue weighted by atomic mass is 10.1. The highest BCUT2D eigenvalue weighted by Crippen LogP contribution is 2.41. The predicted molar refractivity (Wildman–Crippen MR) is 61.7 cm³/mol. The van der Waals surface area contributed by atoms with Gasteiger partial charge in [-0.15, -0.1) is 11.8 Å². The standard InChI is InChI=1S/C11H11ClO2S/c12-9-5-7(6-11(13)14)1-4-10(9)15-8-2-3-8/h1,4-5,8H,2-3,6H2,(H,13,14). The topological polar surface area (TPSA) is 37.3 Å². The molecule has 0 radical (unpaired) electrons. The Bertz CT molecular complexity index is 388. The number of thioether (sulfide) groups is 1. The fraction of sp³-hybridized carbons (Fsp3) is 0.364. The van der Waals surface area contributed by atoms with E-state index in [1.54, 1.807) is 17.8 Å². The predicted octanol–water partition coefficient (Wildman–Crippen LogP) is 3.22. The second-order valence-electron chi connectivity index (χ2n) is 3.65. The smallest absolute Gasteiger partial charge is 0.307 e. The van der Waals surface area contributed by atoms with Crippen LogP contribution in [-0.4, -0.2) is 16.3 Å². The van der Waals surface area contributed by atoms with Gasteiger partial charge in [0.2, 0.25) is 0 Å². The van der Waals surface area contributed by atoms with Crippen LogP contribution in [0.5, 0.6) is 0 Å². The average molecular weight is 243 g/mol. The lowest BCUT2D eigenvalue weighted by Crippen LogP contribution is -1.99. The Morgan fingerprint density at radius 3 is 2.80 bits per heavy atom. The average Bonchev–Trinajstić information content (AvgIpc) is 2.92. The number of carboxylic acids is 1. The Hall–Kier alpha value is -0.670. The highest BCUT2D eigenvalue weighted by Gasteiger charge is 2.23. The molecule has 0 spiro atoms. The van der Waals surface area contributed by atoms with E-state index < -0.39 is 5.97 Å². The van der Waals surface area contributed by atoms with Gasteiger partial charge >= 0.3 is 5.97 Å². The molecule has 0 aliphatic heterocycles. The monoisotopic (exact) mass is 242 g/mol. The van der Waals surface area contributed by atoms with Gasteiger partial charge < -0.3 is 5.11 Å². The Balaban J connectivity index is 2.10. The molecular weight excluding hydrogens is 232 g/mol. The van der Waals surface area contributed by atoms with Crippen LogP contribution in [0.4, 0.5) is 0 Å². The quantitative estimate of drug-likeness (QED) is 0.881. The minimum Gasteiger partial charge on any atom is -0.481 e. The molecule has 1 aromatic carbocycles. The van der Waals surface area contributed by atoms with Gasteiger partial charge in [0.15, 0.2) is 0 Å². The maximum absolute atomic E-state index is 10.5. The second-order valence-corrected chi connectivity index (χ2v) is 5.40. The number of hydrogen-bond donors (Lipinski definition) is 1. The van der Waals surface area contributed by atoms with Crippen LogP contribution in [0.2, 0.25) is 5.02 Å². The van der Waals surface area contributed by atoms with Gasteiger partial charge in [0, 0.05) is 10.1 Å². The van der Waals surface area contributed by atoms with E-state index in [1.807, 2.05) is 12.1 Å². The van der Waals surface area contributed by atoms with Crippen molar-refractivity contribution in [1.29, 1.82) is 0 Å². The summed E-state index contributed by atoms with van der Waals surface area (Å²) >= 11 is 7.86. The van der Waals surface area contributed by atoms with Gasteiger partial charge in [-0.05, 0) is 30.5 Å². The van der Waals surface area contributed by atoms with Crippen molar-refractivity contribution in [3.05, 3.63) is 28.8 Å². The van der Waals surface area contributed by atoms with Gasteiger partial charge in [-0.2, -0.15) is 0 Å². The van der Waals surface area contributed by atoms with Crippen LogP contribution < -0.4 is 0 Å². The van der Waals surface area contributed by atoms with E-state index in [0.29, 0.717) is 10.3 Å². The maximum atomic E-state index is 10.5. The zero-order valence-corrected chi connectivity index (χ0v) is 9.64. The number of carboxylic acid groups (broad SMARTS) is 1. The SMILES string of the molecule is O=C(O)Cc1ccc(SC2CC2)c(Cl)c1. The van der Waals surface area contributed by atoms with Crippen LogP contribution in [0.3, 0.4) is 0 Å². The third-order valence-corrected chi connectivity index (χ3v) is 4.01. The van der Waals surface area contributed by atoms with Gasteiger partial charge in [0.05, 0.1) is 11.4 Å². The van der Waals surface area contributed by atoms with Gasteiger partial charge in [0.25, 0.3) is 0 Å². The summed E-state index contributed by atoms with van der Waals surface area (Å²) in [6.07, 6.45) is 2.56. The Morgan fingerprint density at radius 1 is 1.53 bits per heavy atom. The van der Waals surface area contributed by atoms with Crippen molar-refractivity contribution in [2.75, 3.05) is 0 Å². The lowest BCUT2D eigenvalue weighted by molar-refractivity contribution is -0.136. The number of halogens is 1. The number of benzene rings is 1. The van der Waals surface area contributed by atoms with Crippen molar-refractivity contribution >= 4 is 29.3 Å². The van der Waals surface area contributed by atoms with Crippen molar-refractivity contribution in [3.63, 3.8) is 0 Å². The molecule has 0 heterocycles. The summed E-state index contributed by atoms with van der Waals surface area (Å²) in [6, 6.07) is 5.51. The first kappa shape index (κ1) is 10.8. The lowest BCUT2D eigenvalue weighted by Gasteiger charge is -2.04. The van der Waals surface area contributed by atoms with E-state index in [1.165, 1.54) is 12.8 Å². The molecule has 1 saturated carbocycles. The summed E-state index contributed by atoms with van der Waals surface area (Å²) in [5.41, 5.74) is 0.757. The molecule has 2 nitrogen and oxygen atoms in total. The van der Waals surface area contributed by atoms with E-state index in [0.717, 1.165) is 10.5 Å². The van der Waals surface area contributed by atoms with Gasteiger partial charge in [-0.25, -0.2) is 0 Å². The van der Waals surface area contributed by atoms with Crippen molar-refractivity contribution in [3.8, 4) is 0 Å². The molecule has 0 aromatic heterocycles. The van der Waals surface area contributed by atoms with E-state index in [4.69, 9.17) is 16.7 Å². The van der Waals surface area contributed by atoms with Crippen molar-refractivity contribution < 1.29 is 9.90 Å². The van der Waals surface area contributed by atoms with Crippen LogP contribution in [0.1, 0.15) is 18.4 Å². The molecule has 0 bridgehead atoms. The van der Waals surface area contributed by atoms with E-state index >= 15 is 0 Å². The molecule has 0 atom stereocenters. The number of rotatable bonds is 4. The number of aliphatic carboxylic acids is 1. The molecule has 0 unspecified atom stereocenters. The first-order chi connectivity index (χ1) is 7.15. The van der Waals surface area contributed by atoms with E-state index in [9.17, 15) is 4.79 Å². The first-order valence-electron chi connectivity index (χ1n) is 4.82. The third kappa shape index (κ3) is 3.14. The molecule has 2 rings (SSSR count).